The van der Waals surface area contributed by atoms with Crippen LogP contribution in [-0.4, -0.2) is 19.7 Å². The predicted molar refractivity (Wildman–Crippen MR) is 53.6 cm³/mol. The van der Waals surface area contributed by atoms with Gasteiger partial charge in [-0.3, -0.25) is 4.18 Å². The second-order valence-corrected chi connectivity index (χ2v) is 4.73. The smallest absolute Gasteiger partial charge is 0.264 e. The van der Waals surface area contributed by atoms with Crippen LogP contribution in [0.25, 0.3) is 11.1 Å². The molecule has 80 valence electrons. The highest BCUT2D eigenvalue weighted by molar-refractivity contribution is 7.85. The number of oxazole rings is 1. The van der Waals surface area contributed by atoms with Gasteiger partial charge in [0.25, 0.3) is 10.1 Å². The zero-order valence-corrected chi connectivity index (χ0v) is 8.82. The minimum atomic E-state index is -3.44. The molecule has 0 bridgehead atoms. The van der Waals surface area contributed by atoms with E-state index >= 15 is 0 Å². The van der Waals surface area contributed by atoms with E-state index in [-0.39, 0.29) is 6.61 Å². The molecule has 15 heavy (non-hydrogen) atoms. The summed E-state index contributed by atoms with van der Waals surface area (Å²) in [6.07, 6.45) is 2.32. The van der Waals surface area contributed by atoms with Crippen LogP contribution in [0.1, 0.15) is 5.56 Å². The molecule has 0 aliphatic heterocycles. The molecular formula is C9H9NO4S. The second-order valence-electron chi connectivity index (χ2n) is 3.08. The molecule has 0 spiro atoms. The molecule has 0 aliphatic carbocycles. The quantitative estimate of drug-likeness (QED) is 0.739. The third-order valence-electron chi connectivity index (χ3n) is 1.87. The molecule has 1 aromatic heterocycles. The van der Waals surface area contributed by atoms with E-state index in [1.165, 1.54) is 6.39 Å². The Morgan fingerprint density at radius 1 is 1.47 bits per heavy atom. The molecule has 5 nitrogen and oxygen atoms in total. The Morgan fingerprint density at radius 2 is 2.27 bits per heavy atom. The van der Waals surface area contributed by atoms with Gasteiger partial charge in [0, 0.05) is 5.56 Å². The number of hydrogen-bond donors (Lipinski definition) is 0. The summed E-state index contributed by atoms with van der Waals surface area (Å²) in [5.74, 6) is 0. The van der Waals surface area contributed by atoms with Crippen molar-refractivity contribution in [2.24, 2.45) is 0 Å². The summed E-state index contributed by atoms with van der Waals surface area (Å²) in [4.78, 5) is 3.95. The van der Waals surface area contributed by atoms with Crippen molar-refractivity contribution in [1.82, 2.24) is 4.98 Å². The minimum absolute atomic E-state index is 0.0363. The Balaban J connectivity index is 2.32. The Labute approximate surface area is 86.8 Å². The van der Waals surface area contributed by atoms with E-state index < -0.39 is 10.1 Å². The van der Waals surface area contributed by atoms with E-state index in [4.69, 9.17) is 4.42 Å². The van der Waals surface area contributed by atoms with Gasteiger partial charge in [-0.1, -0.05) is 12.1 Å². The molecule has 0 radical (unpaired) electrons. The maximum absolute atomic E-state index is 10.8. The number of fused-ring (bicyclic) bond motifs is 1. The average Bonchev–Trinajstić information content (AvgIpc) is 2.61. The van der Waals surface area contributed by atoms with Crippen LogP contribution >= 0.6 is 0 Å². The van der Waals surface area contributed by atoms with Crippen LogP contribution in [0, 0.1) is 0 Å². The van der Waals surface area contributed by atoms with Gasteiger partial charge >= 0.3 is 0 Å². The van der Waals surface area contributed by atoms with Crippen molar-refractivity contribution in [2.75, 3.05) is 6.26 Å². The number of aromatic nitrogens is 1. The number of hydrogen-bond acceptors (Lipinski definition) is 5. The molecule has 0 fully saturated rings. The van der Waals surface area contributed by atoms with Crippen molar-refractivity contribution >= 4 is 21.2 Å². The maximum Gasteiger partial charge on any atom is 0.264 e. The van der Waals surface area contributed by atoms with Crippen molar-refractivity contribution in [1.29, 1.82) is 0 Å². The van der Waals surface area contributed by atoms with E-state index in [1.807, 2.05) is 0 Å². The first-order valence-electron chi connectivity index (χ1n) is 4.22. The van der Waals surface area contributed by atoms with Crippen LogP contribution < -0.4 is 0 Å². The molecule has 2 rings (SSSR count). The van der Waals surface area contributed by atoms with Gasteiger partial charge in [0.1, 0.15) is 5.52 Å². The Bertz CT molecular complexity index is 573. The normalized spacial score (nSPS) is 12.1. The van der Waals surface area contributed by atoms with E-state index in [9.17, 15) is 8.42 Å². The van der Waals surface area contributed by atoms with Crippen molar-refractivity contribution in [3.8, 4) is 0 Å². The summed E-state index contributed by atoms with van der Waals surface area (Å²) < 4.78 is 31.4. The third kappa shape index (κ3) is 2.34. The summed E-state index contributed by atoms with van der Waals surface area (Å²) >= 11 is 0. The monoisotopic (exact) mass is 227 g/mol. The summed E-state index contributed by atoms with van der Waals surface area (Å²) in [7, 11) is -3.44. The number of benzene rings is 1. The zero-order chi connectivity index (χ0) is 10.9. The largest absolute Gasteiger partial charge is 0.443 e. The van der Waals surface area contributed by atoms with Crippen molar-refractivity contribution in [2.45, 2.75) is 6.61 Å². The molecule has 0 aliphatic rings. The lowest BCUT2D eigenvalue weighted by Crippen LogP contribution is -2.02. The lowest BCUT2D eigenvalue weighted by molar-refractivity contribution is 0.311. The van der Waals surface area contributed by atoms with Crippen LogP contribution in [0.15, 0.2) is 29.0 Å². The number of rotatable bonds is 3. The van der Waals surface area contributed by atoms with Crippen molar-refractivity contribution < 1.29 is 17.0 Å². The van der Waals surface area contributed by atoms with Gasteiger partial charge in [0.05, 0.1) is 12.9 Å². The van der Waals surface area contributed by atoms with Crippen LogP contribution in [0.2, 0.25) is 0 Å². The minimum Gasteiger partial charge on any atom is -0.443 e. The first kappa shape index (κ1) is 10.1. The highest BCUT2D eigenvalue weighted by atomic mass is 32.2. The van der Waals surface area contributed by atoms with Gasteiger partial charge in [-0.15, -0.1) is 0 Å². The summed E-state index contributed by atoms with van der Waals surface area (Å²) in [5, 5.41) is 0. The molecule has 2 aromatic rings. The highest BCUT2D eigenvalue weighted by Crippen LogP contribution is 2.18. The van der Waals surface area contributed by atoms with E-state index in [0.717, 1.165) is 6.26 Å². The van der Waals surface area contributed by atoms with Gasteiger partial charge in [-0.25, -0.2) is 4.98 Å². The third-order valence-corrected chi connectivity index (χ3v) is 2.41. The lowest BCUT2D eigenvalue weighted by Gasteiger charge is -2.01. The standard InChI is InChI=1S/C9H9NO4S/c1-15(11,12)14-5-7-3-2-4-8-9(7)13-6-10-8/h2-4,6H,5H2,1H3. The Hall–Kier alpha value is -1.40. The SMILES string of the molecule is CS(=O)(=O)OCc1cccc2ncoc12. The van der Waals surface area contributed by atoms with Gasteiger partial charge in [-0.05, 0) is 6.07 Å². The van der Waals surface area contributed by atoms with Crippen molar-refractivity contribution in [3.63, 3.8) is 0 Å². The second kappa shape index (κ2) is 3.63. The predicted octanol–water partition coefficient (Wildman–Crippen LogP) is 1.30. The molecule has 1 heterocycles. The fraction of sp³-hybridized carbons (Fsp3) is 0.222. The van der Waals surface area contributed by atoms with Gasteiger partial charge in [-0.2, -0.15) is 8.42 Å². The van der Waals surface area contributed by atoms with Gasteiger partial charge < -0.3 is 4.42 Å². The number of para-hydroxylation sites is 1. The fourth-order valence-corrected chi connectivity index (χ4v) is 1.57. The summed E-state index contributed by atoms with van der Waals surface area (Å²) in [6.45, 7) is -0.0363. The molecule has 6 heteroatoms. The molecule has 0 unspecified atom stereocenters. The zero-order valence-electron chi connectivity index (χ0n) is 8.00. The molecule has 0 saturated heterocycles. The highest BCUT2D eigenvalue weighted by Gasteiger charge is 2.08. The molecule has 0 N–H and O–H groups in total. The van der Waals surface area contributed by atoms with Crippen molar-refractivity contribution in [3.05, 3.63) is 30.2 Å². The lowest BCUT2D eigenvalue weighted by atomic mass is 10.2. The fourth-order valence-electron chi connectivity index (χ4n) is 1.23. The molecule has 0 amide bonds. The van der Waals surface area contributed by atoms with Gasteiger partial charge in [0.2, 0.25) is 0 Å². The summed E-state index contributed by atoms with van der Waals surface area (Å²) in [5.41, 5.74) is 1.90. The van der Waals surface area contributed by atoms with E-state index in [2.05, 4.69) is 9.17 Å². The van der Waals surface area contributed by atoms with Crippen LogP contribution in [-0.2, 0) is 20.9 Å². The molecule has 1 aromatic carbocycles. The summed E-state index contributed by atoms with van der Waals surface area (Å²) in [6, 6.07) is 5.29. The maximum atomic E-state index is 10.8. The topological polar surface area (TPSA) is 69.4 Å². The van der Waals surface area contributed by atoms with Crippen LogP contribution in [0.4, 0.5) is 0 Å². The first-order valence-corrected chi connectivity index (χ1v) is 6.03. The first-order chi connectivity index (χ1) is 7.06. The Morgan fingerprint density at radius 3 is 3.00 bits per heavy atom. The molecule has 0 saturated carbocycles. The average molecular weight is 227 g/mol. The van der Waals surface area contributed by atoms with Crippen LogP contribution in [0.3, 0.4) is 0 Å². The van der Waals surface area contributed by atoms with Crippen LogP contribution in [0.5, 0.6) is 0 Å². The number of nitrogens with zero attached hydrogens (tertiary/aromatic N) is 1. The van der Waals surface area contributed by atoms with E-state index in [1.54, 1.807) is 18.2 Å². The van der Waals surface area contributed by atoms with Gasteiger partial charge in [0.15, 0.2) is 12.0 Å². The molecule has 0 atom stereocenters. The Kier molecular flexibility index (Phi) is 2.45. The van der Waals surface area contributed by atoms with E-state index in [0.29, 0.717) is 16.7 Å². The molecular weight excluding hydrogens is 218 g/mol.